The van der Waals surface area contributed by atoms with E-state index in [-0.39, 0.29) is 0 Å². The van der Waals surface area contributed by atoms with Crippen LogP contribution in [0.15, 0.2) is 24.5 Å². The van der Waals surface area contributed by atoms with Crippen LogP contribution in [0.2, 0.25) is 0 Å². The molecule has 2 heterocycles. The van der Waals surface area contributed by atoms with Gasteiger partial charge in [0, 0.05) is 11.9 Å². The van der Waals surface area contributed by atoms with Crippen molar-refractivity contribution in [1.82, 2.24) is 9.88 Å². The smallest absolute Gasteiger partial charge is 0.327 e. The number of pyridine rings is 1. The summed E-state index contributed by atoms with van der Waals surface area (Å²) in [6, 6.07) is 2.24. The van der Waals surface area contributed by atoms with Crippen molar-refractivity contribution in [2.45, 2.75) is 6.04 Å². The van der Waals surface area contributed by atoms with Crippen LogP contribution in [-0.2, 0) is 4.79 Å². The van der Waals surface area contributed by atoms with E-state index in [9.17, 15) is 9.59 Å². The van der Waals surface area contributed by atoms with Gasteiger partial charge < -0.3 is 15.3 Å². The minimum absolute atomic E-state index is 0.392. The second-order valence-corrected chi connectivity index (χ2v) is 4.50. The number of carboxylic acids is 1. The summed E-state index contributed by atoms with van der Waals surface area (Å²) in [5, 5.41) is 11.6. The molecule has 90 valence electrons. The largest absolute Gasteiger partial charge is 0.480 e. The Balaban J connectivity index is 2.03. The topological polar surface area (TPSA) is 82.5 Å². The van der Waals surface area contributed by atoms with Gasteiger partial charge in [-0.05, 0) is 12.1 Å². The fourth-order valence-electron chi connectivity index (χ4n) is 1.48. The zero-order valence-corrected chi connectivity index (χ0v) is 9.68. The highest BCUT2D eigenvalue weighted by molar-refractivity contribution is 7.99. The highest BCUT2D eigenvalue weighted by atomic mass is 32.2. The molecule has 1 saturated heterocycles. The Labute approximate surface area is 102 Å². The summed E-state index contributed by atoms with van der Waals surface area (Å²) in [6.45, 7) is 0. The monoisotopic (exact) mass is 253 g/mol. The molecule has 2 N–H and O–H groups in total. The molecule has 1 fully saturated rings. The Morgan fingerprint density at radius 1 is 1.59 bits per heavy atom. The number of hydrogen-bond donors (Lipinski definition) is 2. The van der Waals surface area contributed by atoms with E-state index in [1.165, 1.54) is 22.9 Å². The lowest BCUT2D eigenvalue weighted by atomic mass is 10.3. The maximum Gasteiger partial charge on any atom is 0.327 e. The average Bonchev–Trinajstić information content (AvgIpc) is 2.79. The Kier molecular flexibility index (Phi) is 3.48. The number of carbonyl (C=O) groups is 2. The minimum atomic E-state index is -0.976. The number of anilines is 1. The van der Waals surface area contributed by atoms with Gasteiger partial charge in [-0.15, -0.1) is 11.8 Å². The fourth-order valence-corrected chi connectivity index (χ4v) is 2.62. The second kappa shape index (κ2) is 5.05. The minimum Gasteiger partial charge on any atom is -0.480 e. The van der Waals surface area contributed by atoms with Gasteiger partial charge in [0.05, 0.1) is 17.8 Å². The number of carboxylic acid groups (broad SMARTS) is 1. The zero-order valence-electron chi connectivity index (χ0n) is 8.87. The van der Waals surface area contributed by atoms with Crippen LogP contribution in [0.1, 0.15) is 0 Å². The first-order chi connectivity index (χ1) is 8.18. The first kappa shape index (κ1) is 11.7. The number of nitrogens with zero attached hydrogens (tertiary/aromatic N) is 2. The SMILES string of the molecule is O=C(O)C1CSCN1C(=O)Nc1cccnc1. The Morgan fingerprint density at radius 3 is 3.06 bits per heavy atom. The van der Waals surface area contributed by atoms with Crippen molar-refractivity contribution in [3.05, 3.63) is 24.5 Å². The molecule has 6 nitrogen and oxygen atoms in total. The molecule has 7 heteroatoms. The summed E-state index contributed by atoms with van der Waals surface area (Å²) in [5.41, 5.74) is 0.554. The van der Waals surface area contributed by atoms with Crippen molar-refractivity contribution < 1.29 is 14.7 Å². The summed E-state index contributed by atoms with van der Waals surface area (Å²) in [4.78, 5) is 27.9. The van der Waals surface area contributed by atoms with Crippen LogP contribution in [0.25, 0.3) is 0 Å². The van der Waals surface area contributed by atoms with Gasteiger partial charge in [0.2, 0.25) is 0 Å². The molecule has 2 rings (SSSR count). The van der Waals surface area contributed by atoms with E-state index >= 15 is 0 Å². The quantitative estimate of drug-likeness (QED) is 0.824. The summed E-state index contributed by atoms with van der Waals surface area (Å²) in [7, 11) is 0. The first-order valence-corrected chi connectivity index (χ1v) is 6.12. The third-order valence-corrected chi connectivity index (χ3v) is 3.35. The van der Waals surface area contributed by atoms with Crippen LogP contribution in [0.3, 0.4) is 0 Å². The molecule has 1 unspecified atom stereocenters. The molecule has 0 saturated carbocycles. The molecule has 1 aromatic heterocycles. The number of nitrogens with one attached hydrogen (secondary N) is 1. The van der Waals surface area contributed by atoms with Crippen LogP contribution in [0, 0.1) is 0 Å². The molecule has 1 aromatic rings. The van der Waals surface area contributed by atoms with E-state index in [4.69, 9.17) is 5.11 Å². The maximum absolute atomic E-state index is 11.8. The summed E-state index contributed by atoms with van der Waals surface area (Å²) < 4.78 is 0. The van der Waals surface area contributed by atoms with Gasteiger partial charge in [0.15, 0.2) is 0 Å². The number of rotatable bonds is 2. The fraction of sp³-hybridized carbons (Fsp3) is 0.300. The van der Waals surface area contributed by atoms with Crippen molar-refractivity contribution in [3.8, 4) is 0 Å². The van der Waals surface area contributed by atoms with Gasteiger partial charge in [0.25, 0.3) is 0 Å². The molecule has 0 spiro atoms. The molecule has 0 aromatic carbocycles. The average molecular weight is 253 g/mol. The van der Waals surface area contributed by atoms with Crippen molar-refractivity contribution in [2.75, 3.05) is 16.9 Å². The first-order valence-electron chi connectivity index (χ1n) is 4.96. The van der Waals surface area contributed by atoms with Crippen LogP contribution in [-0.4, -0.2) is 44.7 Å². The lowest BCUT2D eigenvalue weighted by Crippen LogP contribution is -2.43. The van der Waals surface area contributed by atoms with Gasteiger partial charge in [-0.3, -0.25) is 4.98 Å². The molecule has 2 amide bonds. The molecule has 0 radical (unpaired) electrons. The maximum atomic E-state index is 11.8. The Morgan fingerprint density at radius 2 is 2.41 bits per heavy atom. The Hall–Kier alpha value is -1.76. The standard InChI is InChI=1S/C10H11N3O3S/c14-9(15)8-5-17-6-13(8)10(16)12-7-2-1-3-11-4-7/h1-4,8H,5-6H2,(H,12,16)(H,14,15). The number of carbonyl (C=O) groups excluding carboxylic acids is 1. The van der Waals surface area contributed by atoms with E-state index in [1.807, 2.05) is 0 Å². The van der Waals surface area contributed by atoms with Crippen LogP contribution in [0.5, 0.6) is 0 Å². The van der Waals surface area contributed by atoms with E-state index < -0.39 is 18.0 Å². The second-order valence-electron chi connectivity index (χ2n) is 3.50. The highest BCUT2D eigenvalue weighted by Crippen LogP contribution is 2.21. The Bertz CT molecular complexity index is 426. The highest BCUT2D eigenvalue weighted by Gasteiger charge is 2.34. The van der Waals surface area contributed by atoms with Gasteiger partial charge in [-0.2, -0.15) is 0 Å². The lowest BCUT2D eigenvalue weighted by Gasteiger charge is -2.20. The molecule has 1 atom stereocenters. The number of thioether (sulfide) groups is 1. The van der Waals surface area contributed by atoms with Gasteiger partial charge in [-0.25, -0.2) is 9.59 Å². The van der Waals surface area contributed by atoms with Crippen molar-refractivity contribution in [1.29, 1.82) is 0 Å². The number of amides is 2. The van der Waals surface area contributed by atoms with Crippen LogP contribution >= 0.6 is 11.8 Å². The summed E-state index contributed by atoms with van der Waals surface area (Å²) >= 11 is 1.43. The molecule has 0 bridgehead atoms. The predicted molar refractivity (Wildman–Crippen MR) is 63.8 cm³/mol. The van der Waals surface area contributed by atoms with Gasteiger partial charge in [0.1, 0.15) is 6.04 Å². The number of hydrogen-bond acceptors (Lipinski definition) is 4. The van der Waals surface area contributed by atoms with Gasteiger partial charge in [-0.1, -0.05) is 0 Å². The van der Waals surface area contributed by atoms with Crippen molar-refractivity contribution >= 4 is 29.4 Å². The lowest BCUT2D eigenvalue weighted by molar-refractivity contribution is -0.140. The molecule has 0 aliphatic carbocycles. The van der Waals surface area contributed by atoms with E-state index in [2.05, 4.69) is 10.3 Å². The van der Waals surface area contributed by atoms with Gasteiger partial charge >= 0.3 is 12.0 Å². The molecular formula is C10H11N3O3S. The van der Waals surface area contributed by atoms with Crippen molar-refractivity contribution in [2.24, 2.45) is 0 Å². The predicted octanol–water partition coefficient (Wildman–Crippen LogP) is 1.07. The number of urea groups is 1. The van der Waals surface area contributed by atoms with Crippen LogP contribution < -0.4 is 5.32 Å². The molecular weight excluding hydrogens is 242 g/mol. The summed E-state index contributed by atoms with van der Waals surface area (Å²) in [5.74, 6) is -0.157. The van der Waals surface area contributed by atoms with E-state index in [0.29, 0.717) is 17.3 Å². The van der Waals surface area contributed by atoms with E-state index in [0.717, 1.165) is 0 Å². The molecule has 1 aliphatic heterocycles. The third-order valence-electron chi connectivity index (χ3n) is 2.34. The zero-order chi connectivity index (χ0) is 12.3. The van der Waals surface area contributed by atoms with Crippen LogP contribution in [0.4, 0.5) is 10.5 Å². The number of aromatic nitrogens is 1. The molecule has 17 heavy (non-hydrogen) atoms. The van der Waals surface area contributed by atoms with Crippen molar-refractivity contribution in [3.63, 3.8) is 0 Å². The molecule has 1 aliphatic rings. The normalized spacial score (nSPS) is 19.1. The summed E-state index contributed by atoms with van der Waals surface area (Å²) in [6.07, 6.45) is 3.11. The van der Waals surface area contributed by atoms with E-state index in [1.54, 1.807) is 18.3 Å². The number of aliphatic carboxylic acids is 1. The third kappa shape index (κ3) is 2.68.